The van der Waals surface area contributed by atoms with E-state index in [4.69, 9.17) is 0 Å². The molecule has 4 heteroatoms. The summed E-state index contributed by atoms with van der Waals surface area (Å²) in [7, 11) is 0. The van der Waals surface area contributed by atoms with Gasteiger partial charge in [-0.2, -0.15) is 0 Å². The Morgan fingerprint density at radius 1 is 1.36 bits per heavy atom. The largest absolute Gasteiger partial charge is 0.371 e. The van der Waals surface area contributed by atoms with Crippen molar-refractivity contribution in [1.82, 2.24) is 0 Å². The molecule has 2 aromatic rings. The quantitative estimate of drug-likeness (QED) is 0.862. The molecule has 2 heterocycles. The lowest BCUT2D eigenvalue weighted by Crippen LogP contribution is -2.19. The van der Waals surface area contributed by atoms with Gasteiger partial charge in [0.25, 0.3) is 0 Å². The molecule has 22 heavy (non-hydrogen) atoms. The summed E-state index contributed by atoms with van der Waals surface area (Å²) in [6, 6.07) is 10.3. The SMILES string of the molecule is CCN1CCc2ccc(NC(=O)/C=C/c3ccc(C)s3)cc21. The number of rotatable bonds is 4. The molecule has 0 fully saturated rings. The fourth-order valence-corrected chi connectivity index (χ4v) is 3.52. The second-order valence-corrected chi connectivity index (χ2v) is 6.76. The van der Waals surface area contributed by atoms with Gasteiger partial charge in [0, 0.05) is 40.3 Å². The first kappa shape index (κ1) is 14.9. The van der Waals surface area contributed by atoms with E-state index in [0.29, 0.717) is 0 Å². The number of hydrogen-bond donors (Lipinski definition) is 1. The van der Waals surface area contributed by atoms with Gasteiger partial charge in [-0.3, -0.25) is 4.79 Å². The first-order valence-electron chi connectivity index (χ1n) is 7.59. The lowest BCUT2D eigenvalue weighted by Gasteiger charge is -2.17. The van der Waals surface area contributed by atoms with Crippen LogP contribution in [0.15, 0.2) is 36.4 Å². The van der Waals surface area contributed by atoms with E-state index in [1.165, 1.54) is 16.1 Å². The Kier molecular flexibility index (Phi) is 4.29. The van der Waals surface area contributed by atoms with Gasteiger partial charge in [0.15, 0.2) is 0 Å². The molecule has 1 aromatic heterocycles. The number of anilines is 2. The second-order valence-electron chi connectivity index (χ2n) is 5.44. The number of fused-ring (bicyclic) bond motifs is 1. The molecule has 0 saturated heterocycles. The Hall–Kier alpha value is -2.07. The number of benzene rings is 1. The van der Waals surface area contributed by atoms with E-state index in [0.717, 1.165) is 30.1 Å². The molecular formula is C18H20N2OS. The molecule has 1 N–H and O–H groups in total. The number of carbonyl (C=O) groups excluding carboxylic acids is 1. The monoisotopic (exact) mass is 312 g/mol. The summed E-state index contributed by atoms with van der Waals surface area (Å²) in [6.45, 7) is 6.29. The van der Waals surface area contributed by atoms with Crippen molar-refractivity contribution in [1.29, 1.82) is 0 Å². The number of amides is 1. The summed E-state index contributed by atoms with van der Waals surface area (Å²) in [5, 5.41) is 2.95. The molecule has 1 aliphatic heterocycles. The fraction of sp³-hybridized carbons (Fsp3) is 0.278. The van der Waals surface area contributed by atoms with Gasteiger partial charge in [-0.25, -0.2) is 0 Å². The Morgan fingerprint density at radius 2 is 2.23 bits per heavy atom. The van der Waals surface area contributed by atoms with Gasteiger partial charge in [0.05, 0.1) is 0 Å². The minimum Gasteiger partial charge on any atom is -0.371 e. The van der Waals surface area contributed by atoms with Gasteiger partial charge in [0.1, 0.15) is 0 Å². The standard InChI is InChI=1S/C18H20N2OS/c1-3-20-11-10-14-5-6-15(12-17(14)20)19-18(21)9-8-16-7-4-13(2)22-16/h4-9,12H,3,10-11H2,1-2H3,(H,19,21)/b9-8+. The number of likely N-dealkylation sites (N-methyl/N-ethyl adjacent to an activating group) is 1. The van der Waals surface area contributed by atoms with Crippen molar-refractivity contribution in [2.75, 3.05) is 23.3 Å². The van der Waals surface area contributed by atoms with Crippen molar-refractivity contribution in [2.45, 2.75) is 20.3 Å². The van der Waals surface area contributed by atoms with E-state index < -0.39 is 0 Å². The maximum absolute atomic E-state index is 12.0. The average molecular weight is 312 g/mol. The number of nitrogens with one attached hydrogen (secondary N) is 1. The molecule has 0 atom stereocenters. The maximum Gasteiger partial charge on any atom is 0.248 e. The summed E-state index contributed by atoms with van der Waals surface area (Å²) in [4.78, 5) is 16.7. The molecule has 0 spiro atoms. The van der Waals surface area contributed by atoms with Crippen molar-refractivity contribution < 1.29 is 4.79 Å². The van der Waals surface area contributed by atoms with Crippen LogP contribution in [0.2, 0.25) is 0 Å². The molecule has 1 aromatic carbocycles. The van der Waals surface area contributed by atoms with Gasteiger partial charge in [-0.1, -0.05) is 6.07 Å². The Labute approximate surface area is 135 Å². The number of carbonyl (C=O) groups is 1. The molecule has 1 amide bonds. The highest BCUT2D eigenvalue weighted by Crippen LogP contribution is 2.30. The first-order valence-corrected chi connectivity index (χ1v) is 8.40. The summed E-state index contributed by atoms with van der Waals surface area (Å²) < 4.78 is 0. The Bertz CT molecular complexity index is 718. The van der Waals surface area contributed by atoms with E-state index in [1.807, 2.05) is 18.2 Å². The van der Waals surface area contributed by atoms with Crippen LogP contribution in [0.4, 0.5) is 11.4 Å². The highest BCUT2D eigenvalue weighted by atomic mass is 32.1. The van der Waals surface area contributed by atoms with Crippen LogP contribution in [0.3, 0.4) is 0 Å². The van der Waals surface area contributed by atoms with Crippen LogP contribution in [-0.4, -0.2) is 19.0 Å². The lowest BCUT2D eigenvalue weighted by molar-refractivity contribution is -0.111. The van der Waals surface area contributed by atoms with Crippen molar-refractivity contribution in [2.24, 2.45) is 0 Å². The van der Waals surface area contributed by atoms with E-state index in [-0.39, 0.29) is 5.91 Å². The fourth-order valence-electron chi connectivity index (χ4n) is 2.74. The number of thiophene rings is 1. The Balaban J connectivity index is 1.68. The summed E-state index contributed by atoms with van der Waals surface area (Å²) in [5.74, 6) is -0.0907. The van der Waals surface area contributed by atoms with Crippen LogP contribution in [0.5, 0.6) is 0 Å². The number of aryl methyl sites for hydroxylation is 1. The van der Waals surface area contributed by atoms with Crippen LogP contribution in [0.1, 0.15) is 22.2 Å². The van der Waals surface area contributed by atoms with E-state index >= 15 is 0 Å². The van der Waals surface area contributed by atoms with Gasteiger partial charge in [-0.15, -0.1) is 11.3 Å². The molecule has 1 aliphatic rings. The number of hydrogen-bond acceptors (Lipinski definition) is 3. The zero-order chi connectivity index (χ0) is 15.5. The van der Waals surface area contributed by atoms with Gasteiger partial charge in [0.2, 0.25) is 5.91 Å². The molecule has 0 unspecified atom stereocenters. The van der Waals surface area contributed by atoms with Gasteiger partial charge >= 0.3 is 0 Å². The third-order valence-corrected chi connectivity index (χ3v) is 4.85. The molecule has 0 aliphatic carbocycles. The highest BCUT2D eigenvalue weighted by molar-refractivity contribution is 7.12. The van der Waals surface area contributed by atoms with Crippen LogP contribution < -0.4 is 10.2 Å². The number of nitrogens with zero attached hydrogens (tertiary/aromatic N) is 1. The van der Waals surface area contributed by atoms with Crippen LogP contribution in [0.25, 0.3) is 6.08 Å². The van der Waals surface area contributed by atoms with E-state index in [2.05, 4.69) is 42.3 Å². The maximum atomic E-state index is 12.0. The van der Waals surface area contributed by atoms with Gasteiger partial charge in [-0.05, 0) is 56.2 Å². The zero-order valence-corrected chi connectivity index (χ0v) is 13.7. The van der Waals surface area contributed by atoms with E-state index in [9.17, 15) is 4.79 Å². The van der Waals surface area contributed by atoms with Crippen molar-refractivity contribution in [3.05, 3.63) is 51.7 Å². The van der Waals surface area contributed by atoms with Crippen LogP contribution >= 0.6 is 11.3 Å². The predicted octanol–water partition coefficient (Wildman–Crippen LogP) is 4.09. The summed E-state index contributed by atoms with van der Waals surface area (Å²) >= 11 is 1.68. The second kappa shape index (κ2) is 6.36. The van der Waals surface area contributed by atoms with Crippen molar-refractivity contribution in [3.8, 4) is 0 Å². The third kappa shape index (κ3) is 3.22. The summed E-state index contributed by atoms with van der Waals surface area (Å²) in [6.07, 6.45) is 4.55. The first-order chi connectivity index (χ1) is 10.7. The smallest absolute Gasteiger partial charge is 0.248 e. The normalized spacial score (nSPS) is 13.6. The van der Waals surface area contributed by atoms with Crippen molar-refractivity contribution >= 4 is 34.7 Å². The predicted molar refractivity (Wildman–Crippen MR) is 94.8 cm³/mol. The molecule has 0 saturated carbocycles. The molecular weight excluding hydrogens is 292 g/mol. The van der Waals surface area contributed by atoms with E-state index in [1.54, 1.807) is 17.4 Å². The molecule has 0 radical (unpaired) electrons. The Morgan fingerprint density at radius 3 is 2.95 bits per heavy atom. The molecule has 114 valence electrons. The van der Waals surface area contributed by atoms with Crippen LogP contribution in [-0.2, 0) is 11.2 Å². The molecule has 3 rings (SSSR count). The minimum absolute atomic E-state index is 0.0907. The zero-order valence-electron chi connectivity index (χ0n) is 12.9. The van der Waals surface area contributed by atoms with Gasteiger partial charge < -0.3 is 10.2 Å². The average Bonchev–Trinajstić information content (AvgIpc) is 3.10. The van der Waals surface area contributed by atoms with Crippen LogP contribution in [0, 0.1) is 6.92 Å². The summed E-state index contributed by atoms with van der Waals surface area (Å²) in [5.41, 5.74) is 3.47. The topological polar surface area (TPSA) is 32.3 Å². The molecule has 3 nitrogen and oxygen atoms in total. The minimum atomic E-state index is -0.0907. The van der Waals surface area contributed by atoms with Crippen molar-refractivity contribution in [3.63, 3.8) is 0 Å². The highest BCUT2D eigenvalue weighted by Gasteiger charge is 2.17. The third-order valence-electron chi connectivity index (χ3n) is 3.89. The molecule has 0 bridgehead atoms. The lowest BCUT2D eigenvalue weighted by atomic mass is 10.1.